The van der Waals surface area contributed by atoms with Crippen molar-refractivity contribution in [2.45, 2.75) is 6.54 Å². The Kier molecular flexibility index (Phi) is 5.45. The van der Waals surface area contributed by atoms with Crippen LogP contribution in [0, 0.1) is 11.2 Å². The third-order valence-electron chi connectivity index (χ3n) is 2.36. The van der Waals surface area contributed by atoms with Crippen LogP contribution >= 0.6 is 41.5 Å². The number of hydrogen-bond donors (Lipinski definition) is 0. The van der Waals surface area contributed by atoms with Crippen molar-refractivity contribution in [3.05, 3.63) is 21.9 Å². The Labute approximate surface area is 116 Å². The lowest BCUT2D eigenvalue weighted by Crippen LogP contribution is -2.35. The Morgan fingerprint density at radius 2 is 2.25 bits per heavy atom. The predicted molar refractivity (Wildman–Crippen MR) is 78.9 cm³/mol. The van der Waals surface area contributed by atoms with Crippen LogP contribution in [-0.2, 0) is 11.3 Å². The molecule has 0 aromatic carbocycles. The predicted octanol–water partition coefficient (Wildman–Crippen LogP) is 2.97. The second-order valence-corrected chi connectivity index (χ2v) is 6.31. The Balaban J connectivity index is 1.91. The van der Waals surface area contributed by atoms with Gasteiger partial charge in [0.2, 0.25) is 0 Å². The first kappa shape index (κ1) is 12.7. The molecule has 1 fully saturated rings. The molecule has 0 amide bonds. The lowest BCUT2D eigenvalue weighted by molar-refractivity contribution is 0.0346. The molecule has 0 spiro atoms. The second kappa shape index (κ2) is 6.87. The number of halogens is 1. The van der Waals surface area contributed by atoms with E-state index in [1.165, 1.54) is 13.8 Å². The molecule has 5 heteroatoms. The minimum Gasteiger partial charge on any atom is -0.379 e. The molecule has 0 atom stereocenters. The van der Waals surface area contributed by atoms with Gasteiger partial charge in [0.1, 0.15) is 0 Å². The van der Waals surface area contributed by atoms with Crippen molar-refractivity contribution in [2.75, 3.05) is 26.3 Å². The number of ether oxygens (including phenoxy) is 1. The smallest absolute Gasteiger partial charge is 0.0781 e. The molecular weight excluding hydrogens is 353 g/mol. The number of hydrogen-bond acceptors (Lipinski definition) is 4. The maximum Gasteiger partial charge on any atom is 0.0781 e. The van der Waals surface area contributed by atoms with E-state index in [1.807, 2.05) is 0 Å². The molecule has 0 bridgehead atoms. The number of rotatable bonds is 2. The molecule has 86 valence electrons. The SMILES string of the molecule is ISC#Cc1ccc(CN2CCOCC2)s1. The maximum atomic E-state index is 5.33. The average molecular weight is 365 g/mol. The van der Waals surface area contributed by atoms with E-state index in [2.05, 4.69) is 49.4 Å². The quantitative estimate of drug-likeness (QED) is 0.591. The fourth-order valence-corrected chi connectivity index (χ4v) is 3.03. The lowest BCUT2D eigenvalue weighted by Gasteiger charge is -2.25. The molecule has 0 unspecified atom stereocenters. The molecule has 0 N–H and O–H groups in total. The van der Waals surface area contributed by atoms with Crippen molar-refractivity contribution in [2.24, 2.45) is 0 Å². The van der Waals surface area contributed by atoms with Crippen LogP contribution in [0.2, 0.25) is 0 Å². The minimum atomic E-state index is 0.865. The summed E-state index contributed by atoms with van der Waals surface area (Å²) in [5.74, 6) is 3.13. The zero-order valence-electron chi connectivity index (χ0n) is 8.74. The van der Waals surface area contributed by atoms with Gasteiger partial charge in [0.25, 0.3) is 0 Å². The molecular formula is C11H12INOS2. The van der Waals surface area contributed by atoms with E-state index in [1.54, 1.807) is 11.3 Å². The third kappa shape index (κ3) is 3.93. The van der Waals surface area contributed by atoms with E-state index >= 15 is 0 Å². The summed E-state index contributed by atoms with van der Waals surface area (Å²) in [7, 11) is 1.53. The second-order valence-electron chi connectivity index (χ2n) is 3.46. The summed E-state index contributed by atoms with van der Waals surface area (Å²) in [6, 6.07) is 4.29. The standard InChI is InChI=1S/C11H12INOS2/c12-15-8-3-10-1-2-11(16-10)9-13-4-6-14-7-5-13/h1-2H,4-7,9H2. The molecule has 1 aliphatic heterocycles. The molecule has 2 heterocycles. The van der Waals surface area contributed by atoms with Crippen molar-refractivity contribution in [1.29, 1.82) is 0 Å². The molecule has 16 heavy (non-hydrogen) atoms. The minimum absolute atomic E-state index is 0.865. The molecule has 2 rings (SSSR count). The van der Waals surface area contributed by atoms with Gasteiger partial charge in [0, 0.05) is 45.7 Å². The van der Waals surface area contributed by atoms with Gasteiger partial charge in [-0.05, 0) is 32.2 Å². The van der Waals surface area contributed by atoms with Crippen LogP contribution in [-0.4, -0.2) is 31.2 Å². The molecule has 1 aromatic heterocycles. The normalized spacial score (nSPS) is 16.8. The Morgan fingerprint density at radius 3 is 3.00 bits per heavy atom. The maximum absolute atomic E-state index is 5.33. The topological polar surface area (TPSA) is 12.5 Å². The molecule has 1 aliphatic rings. The van der Waals surface area contributed by atoms with Gasteiger partial charge in [-0.1, -0.05) is 0 Å². The van der Waals surface area contributed by atoms with Crippen molar-refractivity contribution >= 4 is 41.5 Å². The largest absolute Gasteiger partial charge is 0.379 e. The molecule has 2 nitrogen and oxygen atoms in total. The summed E-state index contributed by atoms with van der Waals surface area (Å²) in [6.07, 6.45) is 0. The summed E-state index contributed by atoms with van der Waals surface area (Å²) in [5, 5.41) is 3.01. The molecule has 0 aliphatic carbocycles. The average Bonchev–Trinajstić information content (AvgIpc) is 2.75. The highest BCUT2D eigenvalue weighted by molar-refractivity contribution is 14.2. The van der Waals surface area contributed by atoms with Gasteiger partial charge in [-0.25, -0.2) is 0 Å². The highest BCUT2D eigenvalue weighted by Gasteiger charge is 2.11. The van der Waals surface area contributed by atoms with Crippen molar-refractivity contribution in [1.82, 2.24) is 4.90 Å². The lowest BCUT2D eigenvalue weighted by atomic mass is 10.3. The summed E-state index contributed by atoms with van der Waals surface area (Å²) in [4.78, 5) is 4.98. The first-order valence-electron chi connectivity index (χ1n) is 5.06. The summed E-state index contributed by atoms with van der Waals surface area (Å²) < 4.78 is 5.33. The summed E-state index contributed by atoms with van der Waals surface area (Å²) in [5.41, 5.74) is 0. The Bertz CT molecular complexity index is 390. The van der Waals surface area contributed by atoms with E-state index in [4.69, 9.17) is 4.74 Å². The zero-order valence-corrected chi connectivity index (χ0v) is 12.5. The van der Waals surface area contributed by atoms with E-state index in [0.29, 0.717) is 0 Å². The van der Waals surface area contributed by atoms with Crippen molar-refractivity contribution in [3.63, 3.8) is 0 Å². The monoisotopic (exact) mass is 365 g/mol. The van der Waals surface area contributed by atoms with Crippen LogP contribution in [0.15, 0.2) is 12.1 Å². The Morgan fingerprint density at radius 1 is 1.44 bits per heavy atom. The molecule has 0 radical (unpaired) electrons. The highest BCUT2D eigenvalue weighted by Crippen LogP contribution is 2.18. The van der Waals surface area contributed by atoms with E-state index in [9.17, 15) is 0 Å². The van der Waals surface area contributed by atoms with E-state index in [-0.39, 0.29) is 0 Å². The van der Waals surface area contributed by atoms with Gasteiger partial charge in [-0.3, -0.25) is 4.90 Å². The van der Waals surface area contributed by atoms with Crippen LogP contribution in [0.1, 0.15) is 9.75 Å². The van der Waals surface area contributed by atoms with Crippen LogP contribution in [0.4, 0.5) is 0 Å². The molecule has 1 aromatic rings. The van der Waals surface area contributed by atoms with Crippen molar-refractivity contribution < 1.29 is 4.74 Å². The first-order valence-corrected chi connectivity index (χ1v) is 9.23. The van der Waals surface area contributed by atoms with Gasteiger partial charge in [0.05, 0.1) is 18.1 Å². The first-order chi connectivity index (χ1) is 7.88. The van der Waals surface area contributed by atoms with E-state index < -0.39 is 0 Å². The zero-order chi connectivity index (χ0) is 11.2. The third-order valence-corrected chi connectivity index (χ3v) is 4.18. The fourth-order valence-electron chi connectivity index (χ4n) is 1.58. The van der Waals surface area contributed by atoms with Crippen LogP contribution in [0.25, 0.3) is 0 Å². The summed E-state index contributed by atoms with van der Waals surface area (Å²) >= 11 is 3.98. The van der Waals surface area contributed by atoms with Gasteiger partial charge < -0.3 is 4.74 Å². The number of morpholine rings is 1. The Hall–Kier alpha value is 0.260. The van der Waals surface area contributed by atoms with Crippen LogP contribution < -0.4 is 0 Å². The number of thiophene rings is 1. The van der Waals surface area contributed by atoms with Crippen LogP contribution in [0.3, 0.4) is 0 Å². The number of nitrogens with zero attached hydrogens (tertiary/aromatic N) is 1. The van der Waals surface area contributed by atoms with Gasteiger partial charge >= 0.3 is 0 Å². The van der Waals surface area contributed by atoms with Crippen molar-refractivity contribution in [3.8, 4) is 11.2 Å². The van der Waals surface area contributed by atoms with Gasteiger partial charge in [-0.2, -0.15) is 0 Å². The molecule has 0 saturated carbocycles. The van der Waals surface area contributed by atoms with Crippen LogP contribution in [0.5, 0.6) is 0 Å². The summed E-state index contributed by atoms with van der Waals surface area (Å²) in [6.45, 7) is 4.85. The fraction of sp³-hybridized carbons (Fsp3) is 0.455. The van der Waals surface area contributed by atoms with Gasteiger partial charge in [-0.15, -0.1) is 11.3 Å². The highest BCUT2D eigenvalue weighted by atomic mass is 127. The van der Waals surface area contributed by atoms with E-state index in [0.717, 1.165) is 37.7 Å². The van der Waals surface area contributed by atoms with Gasteiger partial charge in [0.15, 0.2) is 0 Å². The molecule has 1 saturated heterocycles.